The standard InChI is InChI=1S/C15H24N2O4/c1-4-12(7-8-18)10-16-13-5-6-14(17(19)20)15(9-13)21-11(2)3/h5-6,9,11-12,16,18H,4,7-8,10H2,1-3H3. The van der Waals surface area contributed by atoms with Crippen molar-refractivity contribution in [2.75, 3.05) is 18.5 Å². The van der Waals surface area contributed by atoms with Gasteiger partial charge in [-0.2, -0.15) is 0 Å². The zero-order chi connectivity index (χ0) is 15.8. The average Bonchev–Trinajstić information content (AvgIpc) is 2.42. The summed E-state index contributed by atoms with van der Waals surface area (Å²) in [5, 5.41) is 23.2. The van der Waals surface area contributed by atoms with Crippen LogP contribution in [0.5, 0.6) is 5.75 Å². The molecule has 1 aromatic carbocycles. The third kappa shape index (κ3) is 5.59. The molecule has 0 saturated heterocycles. The summed E-state index contributed by atoms with van der Waals surface area (Å²) >= 11 is 0. The molecular weight excluding hydrogens is 272 g/mol. The molecule has 0 heterocycles. The quantitative estimate of drug-likeness (QED) is 0.540. The summed E-state index contributed by atoms with van der Waals surface area (Å²) in [5.74, 6) is 0.648. The van der Waals surface area contributed by atoms with E-state index in [0.29, 0.717) is 5.92 Å². The van der Waals surface area contributed by atoms with Gasteiger partial charge in [-0.25, -0.2) is 0 Å². The maximum Gasteiger partial charge on any atom is 0.311 e. The third-order valence-electron chi connectivity index (χ3n) is 3.23. The molecule has 0 aromatic heterocycles. The Hall–Kier alpha value is -1.82. The van der Waals surface area contributed by atoms with Crippen molar-refractivity contribution in [3.8, 4) is 5.75 Å². The van der Waals surface area contributed by atoms with Gasteiger partial charge >= 0.3 is 5.69 Å². The molecule has 0 aliphatic heterocycles. The summed E-state index contributed by atoms with van der Waals surface area (Å²) < 4.78 is 5.51. The molecule has 1 atom stereocenters. The molecule has 0 saturated carbocycles. The maximum atomic E-state index is 11.0. The molecule has 0 amide bonds. The second-order valence-corrected chi connectivity index (χ2v) is 5.27. The number of aliphatic hydroxyl groups is 1. The Bertz CT molecular complexity index is 463. The smallest absolute Gasteiger partial charge is 0.311 e. The van der Waals surface area contributed by atoms with Crippen LogP contribution in [-0.2, 0) is 0 Å². The highest BCUT2D eigenvalue weighted by Crippen LogP contribution is 2.31. The zero-order valence-electron chi connectivity index (χ0n) is 12.8. The van der Waals surface area contributed by atoms with Crippen molar-refractivity contribution in [2.45, 2.75) is 39.7 Å². The van der Waals surface area contributed by atoms with Gasteiger partial charge in [0.1, 0.15) is 0 Å². The van der Waals surface area contributed by atoms with E-state index < -0.39 is 4.92 Å². The van der Waals surface area contributed by atoms with Crippen LogP contribution in [0, 0.1) is 16.0 Å². The van der Waals surface area contributed by atoms with Gasteiger partial charge in [-0.15, -0.1) is 0 Å². The fraction of sp³-hybridized carbons (Fsp3) is 0.600. The van der Waals surface area contributed by atoms with Crippen molar-refractivity contribution >= 4 is 11.4 Å². The number of benzene rings is 1. The second kappa shape index (κ2) is 8.46. The van der Waals surface area contributed by atoms with Crippen LogP contribution in [0.4, 0.5) is 11.4 Å². The summed E-state index contributed by atoms with van der Waals surface area (Å²) in [4.78, 5) is 10.5. The van der Waals surface area contributed by atoms with Crippen molar-refractivity contribution in [2.24, 2.45) is 5.92 Å². The lowest BCUT2D eigenvalue weighted by atomic mass is 10.0. The summed E-state index contributed by atoms with van der Waals surface area (Å²) in [6, 6.07) is 4.79. The number of hydrogen-bond donors (Lipinski definition) is 2. The minimum absolute atomic E-state index is 0.0309. The Morgan fingerprint density at radius 3 is 2.67 bits per heavy atom. The molecule has 0 spiro atoms. The predicted octanol–water partition coefficient (Wildman–Crippen LogP) is 3.20. The fourth-order valence-electron chi connectivity index (χ4n) is 2.02. The molecule has 0 aliphatic carbocycles. The number of anilines is 1. The van der Waals surface area contributed by atoms with Crippen LogP contribution < -0.4 is 10.1 Å². The van der Waals surface area contributed by atoms with Crippen molar-refractivity contribution < 1.29 is 14.8 Å². The Morgan fingerprint density at radius 2 is 2.14 bits per heavy atom. The highest BCUT2D eigenvalue weighted by atomic mass is 16.6. The number of aliphatic hydroxyl groups excluding tert-OH is 1. The topological polar surface area (TPSA) is 84.6 Å². The largest absolute Gasteiger partial charge is 0.484 e. The van der Waals surface area contributed by atoms with E-state index in [1.165, 1.54) is 6.07 Å². The second-order valence-electron chi connectivity index (χ2n) is 5.27. The van der Waals surface area contributed by atoms with E-state index in [1.807, 2.05) is 13.8 Å². The summed E-state index contributed by atoms with van der Waals surface area (Å²) in [6.07, 6.45) is 1.58. The number of rotatable bonds is 9. The number of nitrogens with one attached hydrogen (secondary N) is 1. The fourth-order valence-corrected chi connectivity index (χ4v) is 2.02. The Morgan fingerprint density at radius 1 is 1.43 bits per heavy atom. The van der Waals surface area contributed by atoms with Crippen molar-refractivity contribution in [3.05, 3.63) is 28.3 Å². The maximum absolute atomic E-state index is 11.0. The lowest BCUT2D eigenvalue weighted by Crippen LogP contribution is -2.15. The Balaban J connectivity index is 2.82. The van der Waals surface area contributed by atoms with E-state index in [1.54, 1.807) is 12.1 Å². The normalized spacial score (nSPS) is 12.2. The zero-order valence-corrected chi connectivity index (χ0v) is 12.8. The van der Waals surface area contributed by atoms with Crippen LogP contribution in [0.3, 0.4) is 0 Å². The van der Waals surface area contributed by atoms with Crippen molar-refractivity contribution in [3.63, 3.8) is 0 Å². The van der Waals surface area contributed by atoms with Gasteiger partial charge < -0.3 is 15.2 Å². The first-order valence-corrected chi connectivity index (χ1v) is 7.27. The first-order chi connectivity index (χ1) is 9.97. The van der Waals surface area contributed by atoms with Crippen LogP contribution in [0.2, 0.25) is 0 Å². The molecule has 1 unspecified atom stereocenters. The SMILES string of the molecule is CCC(CCO)CNc1ccc([N+](=O)[O-])c(OC(C)C)c1. The van der Waals surface area contributed by atoms with Gasteiger partial charge in [0.2, 0.25) is 0 Å². The molecule has 0 fully saturated rings. The molecule has 0 aliphatic rings. The molecule has 6 heteroatoms. The first kappa shape index (κ1) is 17.2. The average molecular weight is 296 g/mol. The monoisotopic (exact) mass is 296 g/mol. The summed E-state index contributed by atoms with van der Waals surface area (Å²) in [6.45, 7) is 6.62. The van der Waals surface area contributed by atoms with Gasteiger partial charge in [0.15, 0.2) is 5.75 Å². The third-order valence-corrected chi connectivity index (χ3v) is 3.23. The van der Waals surface area contributed by atoms with Crippen LogP contribution in [0.15, 0.2) is 18.2 Å². The van der Waals surface area contributed by atoms with E-state index in [9.17, 15) is 10.1 Å². The lowest BCUT2D eigenvalue weighted by molar-refractivity contribution is -0.386. The lowest BCUT2D eigenvalue weighted by Gasteiger charge is -2.16. The van der Waals surface area contributed by atoms with Gasteiger partial charge in [-0.05, 0) is 32.3 Å². The van der Waals surface area contributed by atoms with E-state index in [4.69, 9.17) is 9.84 Å². The number of hydrogen-bond acceptors (Lipinski definition) is 5. The minimum atomic E-state index is -0.442. The van der Waals surface area contributed by atoms with E-state index in [-0.39, 0.29) is 24.1 Å². The van der Waals surface area contributed by atoms with Gasteiger partial charge in [-0.1, -0.05) is 13.3 Å². The highest BCUT2D eigenvalue weighted by Gasteiger charge is 2.17. The van der Waals surface area contributed by atoms with Gasteiger partial charge in [0.05, 0.1) is 11.0 Å². The Labute approximate surface area is 125 Å². The van der Waals surface area contributed by atoms with Crippen LogP contribution in [-0.4, -0.2) is 29.3 Å². The molecule has 0 radical (unpaired) electrons. The predicted molar refractivity (Wildman–Crippen MR) is 82.8 cm³/mol. The molecule has 118 valence electrons. The van der Waals surface area contributed by atoms with Crippen molar-refractivity contribution in [1.29, 1.82) is 0 Å². The first-order valence-electron chi connectivity index (χ1n) is 7.27. The number of ether oxygens (including phenoxy) is 1. The number of nitrogens with zero attached hydrogens (tertiary/aromatic N) is 1. The molecule has 21 heavy (non-hydrogen) atoms. The van der Waals surface area contributed by atoms with Crippen LogP contribution >= 0.6 is 0 Å². The molecule has 1 aromatic rings. The van der Waals surface area contributed by atoms with Crippen molar-refractivity contribution in [1.82, 2.24) is 0 Å². The molecular formula is C15H24N2O4. The minimum Gasteiger partial charge on any atom is -0.484 e. The molecule has 0 bridgehead atoms. The van der Waals surface area contributed by atoms with E-state index in [2.05, 4.69) is 12.2 Å². The molecule has 6 nitrogen and oxygen atoms in total. The summed E-state index contributed by atoms with van der Waals surface area (Å²) in [7, 11) is 0. The van der Waals surface area contributed by atoms with E-state index in [0.717, 1.165) is 25.1 Å². The summed E-state index contributed by atoms with van der Waals surface area (Å²) in [5.41, 5.74) is 0.754. The Kier molecular flexibility index (Phi) is 6.94. The van der Waals surface area contributed by atoms with Crippen LogP contribution in [0.1, 0.15) is 33.6 Å². The highest BCUT2D eigenvalue weighted by molar-refractivity contribution is 5.58. The van der Waals surface area contributed by atoms with Gasteiger partial charge in [0.25, 0.3) is 0 Å². The molecule has 2 N–H and O–H groups in total. The van der Waals surface area contributed by atoms with Gasteiger partial charge in [0, 0.05) is 31.0 Å². The number of nitro groups is 1. The number of nitro benzene ring substituents is 1. The van der Waals surface area contributed by atoms with Crippen LogP contribution in [0.25, 0.3) is 0 Å². The van der Waals surface area contributed by atoms with Gasteiger partial charge in [-0.3, -0.25) is 10.1 Å². The van der Waals surface area contributed by atoms with E-state index >= 15 is 0 Å². The molecule has 1 rings (SSSR count).